The Labute approximate surface area is 109 Å². The van der Waals surface area contributed by atoms with Crippen LogP contribution in [-0.4, -0.2) is 30.5 Å². The van der Waals surface area contributed by atoms with Crippen molar-refractivity contribution in [2.75, 3.05) is 13.7 Å². The lowest BCUT2D eigenvalue weighted by Gasteiger charge is -2.21. The summed E-state index contributed by atoms with van der Waals surface area (Å²) < 4.78 is 5.48. The molecule has 0 aliphatic carbocycles. The van der Waals surface area contributed by atoms with E-state index in [1.165, 1.54) is 0 Å². The maximum absolute atomic E-state index is 11.8. The summed E-state index contributed by atoms with van der Waals surface area (Å²) >= 11 is 0. The highest BCUT2D eigenvalue weighted by Gasteiger charge is 2.12. The van der Waals surface area contributed by atoms with Gasteiger partial charge in [0.2, 0.25) is 0 Å². The van der Waals surface area contributed by atoms with Gasteiger partial charge in [-0.3, -0.25) is 4.79 Å². The Bertz CT molecular complexity index is 403. The average Bonchev–Trinajstić information content (AvgIpc) is 2.35. The average molecular weight is 250 g/mol. The number of nitrogens with zero attached hydrogens (tertiary/aromatic N) is 1. The van der Waals surface area contributed by atoms with Gasteiger partial charge in [-0.2, -0.15) is 0 Å². The Balaban J connectivity index is 2.58. The van der Waals surface area contributed by atoms with Crippen LogP contribution in [0.1, 0.15) is 32.4 Å². The van der Waals surface area contributed by atoms with Crippen LogP contribution in [0.25, 0.3) is 0 Å². The van der Waals surface area contributed by atoms with Crippen molar-refractivity contribution in [1.29, 1.82) is 0 Å². The van der Waals surface area contributed by atoms with Crippen LogP contribution in [0.2, 0.25) is 0 Å². The monoisotopic (exact) mass is 250 g/mol. The van der Waals surface area contributed by atoms with Gasteiger partial charge in [0.25, 0.3) is 5.91 Å². The Kier molecular flexibility index (Phi) is 5.16. The van der Waals surface area contributed by atoms with E-state index in [9.17, 15) is 4.79 Å². The highest BCUT2D eigenvalue weighted by molar-refractivity contribution is 5.77. The van der Waals surface area contributed by atoms with Gasteiger partial charge in [-0.1, -0.05) is 12.1 Å². The highest BCUT2D eigenvalue weighted by atomic mass is 16.5. The first-order valence-corrected chi connectivity index (χ1v) is 6.15. The number of ether oxygens (including phenoxy) is 1. The molecule has 2 N–H and O–H groups in total. The first-order valence-electron chi connectivity index (χ1n) is 6.15. The van der Waals surface area contributed by atoms with E-state index in [1.54, 1.807) is 11.9 Å². The third-order valence-corrected chi connectivity index (χ3v) is 2.91. The third-order valence-electron chi connectivity index (χ3n) is 2.91. The van der Waals surface area contributed by atoms with Crippen molar-refractivity contribution < 1.29 is 9.53 Å². The second-order valence-electron chi connectivity index (χ2n) is 4.75. The van der Waals surface area contributed by atoms with Gasteiger partial charge in [0.05, 0.1) is 0 Å². The van der Waals surface area contributed by atoms with Gasteiger partial charge < -0.3 is 15.4 Å². The van der Waals surface area contributed by atoms with Crippen LogP contribution in [0.15, 0.2) is 24.3 Å². The Morgan fingerprint density at radius 1 is 1.39 bits per heavy atom. The van der Waals surface area contributed by atoms with Crippen LogP contribution in [0.4, 0.5) is 0 Å². The standard InChI is InChI=1S/C14H22N2O2/c1-10(2)16(4)14(17)9-18-13-7-5-6-12(8-13)11(3)15/h5-8,10-11H,9,15H2,1-4H3. The molecular weight excluding hydrogens is 228 g/mol. The molecule has 0 aromatic heterocycles. The quantitative estimate of drug-likeness (QED) is 0.869. The predicted molar refractivity (Wildman–Crippen MR) is 72.4 cm³/mol. The molecule has 4 nitrogen and oxygen atoms in total. The lowest BCUT2D eigenvalue weighted by Crippen LogP contribution is -2.36. The second kappa shape index (κ2) is 6.40. The lowest BCUT2D eigenvalue weighted by molar-refractivity contribution is -0.133. The highest BCUT2D eigenvalue weighted by Crippen LogP contribution is 2.17. The normalized spacial score (nSPS) is 12.3. The molecule has 0 bridgehead atoms. The van der Waals surface area contributed by atoms with Crippen LogP contribution < -0.4 is 10.5 Å². The minimum absolute atomic E-state index is 0.0313. The van der Waals surface area contributed by atoms with Crippen molar-refractivity contribution in [3.63, 3.8) is 0 Å². The number of likely N-dealkylation sites (N-methyl/N-ethyl adjacent to an activating group) is 1. The fourth-order valence-electron chi connectivity index (χ4n) is 1.42. The molecular formula is C14H22N2O2. The molecule has 0 aliphatic heterocycles. The summed E-state index contributed by atoms with van der Waals surface area (Å²) in [6.07, 6.45) is 0. The molecule has 1 unspecified atom stereocenters. The van der Waals surface area contributed by atoms with E-state index in [-0.39, 0.29) is 24.6 Å². The molecule has 0 aliphatic rings. The maximum Gasteiger partial charge on any atom is 0.260 e. The molecule has 1 atom stereocenters. The molecule has 0 saturated heterocycles. The Morgan fingerprint density at radius 3 is 2.61 bits per heavy atom. The van der Waals surface area contributed by atoms with Crippen molar-refractivity contribution >= 4 is 5.91 Å². The summed E-state index contributed by atoms with van der Waals surface area (Å²) in [6, 6.07) is 7.66. The topological polar surface area (TPSA) is 55.6 Å². The summed E-state index contributed by atoms with van der Waals surface area (Å²) in [5.41, 5.74) is 6.79. The van der Waals surface area contributed by atoms with Crippen molar-refractivity contribution in [1.82, 2.24) is 4.90 Å². The van der Waals surface area contributed by atoms with Gasteiger partial charge in [0, 0.05) is 19.1 Å². The van der Waals surface area contributed by atoms with Gasteiger partial charge in [0.15, 0.2) is 6.61 Å². The molecule has 4 heteroatoms. The second-order valence-corrected chi connectivity index (χ2v) is 4.75. The van der Waals surface area contributed by atoms with Gasteiger partial charge >= 0.3 is 0 Å². The number of nitrogens with two attached hydrogens (primary N) is 1. The zero-order chi connectivity index (χ0) is 13.7. The summed E-state index contributed by atoms with van der Waals surface area (Å²) in [7, 11) is 1.77. The van der Waals surface area contributed by atoms with Gasteiger partial charge in [-0.05, 0) is 38.5 Å². The first-order chi connectivity index (χ1) is 8.41. The molecule has 18 heavy (non-hydrogen) atoms. The summed E-state index contributed by atoms with van der Waals surface area (Å²) in [5.74, 6) is 0.645. The van der Waals surface area contributed by atoms with E-state index < -0.39 is 0 Å². The van der Waals surface area contributed by atoms with E-state index in [2.05, 4.69) is 0 Å². The molecule has 0 spiro atoms. The van der Waals surface area contributed by atoms with Gasteiger partial charge in [0.1, 0.15) is 5.75 Å². The first kappa shape index (κ1) is 14.5. The third kappa shape index (κ3) is 4.04. The number of hydrogen-bond donors (Lipinski definition) is 1. The number of carbonyl (C=O) groups excluding carboxylic acids is 1. The predicted octanol–water partition coefficient (Wildman–Crippen LogP) is 1.95. The van der Waals surface area contributed by atoms with Gasteiger partial charge in [-0.15, -0.1) is 0 Å². The van der Waals surface area contributed by atoms with Crippen molar-refractivity contribution in [3.05, 3.63) is 29.8 Å². The van der Waals surface area contributed by atoms with E-state index >= 15 is 0 Å². The number of benzene rings is 1. The Hall–Kier alpha value is -1.55. The molecule has 0 saturated carbocycles. The zero-order valence-corrected chi connectivity index (χ0v) is 11.5. The van der Waals surface area contributed by atoms with E-state index in [0.717, 1.165) is 5.56 Å². The number of amides is 1. The minimum Gasteiger partial charge on any atom is -0.484 e. The van der Waals surface area contributed by atoms with E-state index in [1.807, 2.05) is 45.0 Å². The van der Waals surface area contributed by atoms with Gasteiger partial charge in [-0.25, -0.2) is 0 Å². The molecule has 1 aromatic rings. The molecule has 1 aromatic carbocycles. The largest absolute Gasteiger partial charge is 0.484 e. The van der Waals surface area contributed by atoms with Crippen LogP contribution in [-0.2, 0) is 4.79 Å². The number of rotatable bonds is 5. The van der Waals surface area contributed by atoms with Crippen LogP contribution in [0.5, 0.6) is 5.75 Å². The molecule has 1 rings (SSSR count). The lowest BCUT2D eigenvalue weighted by atomic mass is 10.1. The fraction of sp³-hybridized carbons (Fsp3) is 0.500. The molecule has 1 amide bonds. The van der Waals surface area contributed by atoms with Crippen LogP contribution >= 0.6 is 0 Å². The summed E-state index contributed by atoms with van der Waals surface area (Å²) in [4.78, 5) is 13.4. The van der Waals surface area contributed by atoms with E-state index in [0.29, 0.717) is 5.75 Å². The number of hydrogen-bond acceptors (Lipinski definition) is 3. The van der Waals surface area contributed by atoms with E-state index in [4.69, 9.17) is 10.5 Å². The summed E-state index contributed by atoms with van der Waals surface area (Å²) in [6.45, 7) is 5.90. The zero-order valence-electron chi connectivity index (χ0n) is 11.5. The summed E-state index contributed by atoms with van der Waals surface area (Å²) in [5, 5.41) is 0. The van der Waals surface area contributed by atoms with Crippen LogP contribution in [0, 0.1) is 0 Å². The van der Waals surface area contributed by atoms with Crippen molar-refractivity contribution in [3.8, 4) is 5.75 Å². The SMILES string of the molecule is CC(N)c1cccc(OCC(=O)N(C)C(C)C)c1. The molecule has 100 valence electrons. The van der Waals surface area contributed by atoms with Crippen LogP contribution in [0.3, 0.4) is 0 Å². The minimum atomic E-state index is -0.0393. The smallest absolute Gasteiger partial charge is 0.260 e. The molecule has 0 radical (unpaired) electrons. The fourth-order valence-corrected chi connectivity index (χ4v) is 1.42. The molecule has 0 fully saturated rings. The Morgan fingerprint density at radius 2 is 2.06 bits per heavy atom. The maximum atomic E-state index is 11.8. The molecule has 0 heterocycles. The van der Waals surface area contributed by atoms with Crippen molar-refractivity contribution in [2.24, 2.45) is 5.73 Å². The number of carbonyl (C=O) groups is 1. The van der Waals surface area contributed by atoms with Crippen molar-refractivity contribution in [2.45, 2.75) is 32.9 Å².